The van der Waals surface area contributed by atoms with Crippen molar-refractivity contribution >= 4 is 0 Å². The monoisotopic (exact) mass is 184 g/mol. The molecular formula is C11H20O2. The summed E-state index contributed by atoms with van der Waals surface area (Å²) in [5, 5.41) is 0. The maximum atomic E-state index is 5.80. The molecule has 2 rings (SSSR count). The summed E-state index contributed by atoms with van der Waals surface area (Å²) < 4.78 is 11.6. The first-order valence-corrected chi connectivity index (χ1v) is 5.47. The van der Waals surface area contributed by atoms with Crippen molar-refractivity contribution in [3.05, 3.63) is 0 Å². The van der Waals surface area contributed by atoms with Crippen LogP contribution in [0.15, 0.2) is 0 Å². The van der Waals surface area contributed by atoms with Gasteiger partial charge in [-0.3, -0.25) is 0 Å². The number of ether oxygens (including phenoxy) is 2. The van der Waals surface area contributed by atoms with Gasteiger partial charge in [0, 0.05) is 11.8 Å². The second-order valence-electron chi connectivity index (χ2n) is 4.62. The number of hydrogen-bond acceptors (Lipinski definition) is 2. The van der Waals surface area contributed by atoms with Gasteiger partial charge in [0.1, 0.15) is 0 Å². The quantitative estimate of drug-likeness (QED) is 0.654. The van der Waals surface area contributed by atoms with E-state index in [0.29, 0.717) is 24.0 Å². The third kappa shape index (κ3) is 1.50. The molecule has 2 aliphatic heterocycles. The molecule has 5 atom stereocenters. The zero-order chi connectivity index (χ0) is 9.42. The van der Waals surface area contributed by atoms with Crippen LogP contribution < -0.4 is 0 Å². The van der Waals surface area contributed by atoms with Gasteiger partial charge >= 0.3 is 0 Å². The molecular weight excluding hydrogens is 164 g/mol. The fourth-order valence-electron chi connectivity index (χ4n) is 2.51. The highest BCUT2D eigenvalue weighted by molar-refractivity contribution is 4.93. The molecule has 2 nitrogen and oxygen atoms in total. The van der Waals surface area contributed by atoms with Crippen molar-refractivity contribution in [2.75, 3.05) is 13.2 Å². The topological polar surface area (TPSA) is 18.5 Å². The minimum absolute atomic E-state index is 0.388. The Morgan fingerprint density at radius 1 is 1.23 bits per heavy atom. The Balaban J connectivity index is 2.02. The lowest BCUT2D eigenvalue weighted by Crippen LogP contribution is -2.28. The van der Waals surface area contributed by atoms with E-state index in [9.17, 15) is 0 Å². The number of rotatable bonds is 2. The van der Waals surface area contributed by atoms with E-state index in [1.807, 2.05) is 0 Å². The highest BCUT2D eigenvalue weighted by atomic mass is 16.6. The van der Waals surface area contributed by atoms with Crippen LogP contribution in [-0.4, -0.2) is 25.4 Å². The summed E-state index contributed by atoms with van der Waals surface area (Å²) in [6.45, 7) is 8.58. The lowest BCUT2D eigenvalue weighted by molar-refractivity contribution is 0.0526. The predicted octanol–water partition coefficient (Wildman–Crippen LogP) is 2.08. The number of fused-ring (bicyclic) bond motifs is 1. The fourth-order valence-corrected chi connectivity index (χ4v) is 2.51. The molecule has 0 saturated carbocycles. The van der Waals surface area contributed by atoms with Crippen molar-refractivity contribution < 1.29 is 9.47 Å². The minimum atomic E-state index is 0.388. The van der Waals surface area contributed by atoms with Gasteiger partial charge in [-0.05, 0) is 5.92 Å². The normalized spacial score (nSPS) is 46.4. The third-order valence-electron chi connectivity index (χ3n) is 3.71. The zero-order valence-corrected chi connectivity index (χ0v) is 8.82. The molecule has 2 heterocycles. The van der Waals surface area contributed by atoms with Crippen molar-refractivity contribution in [3.63, 3.8) is 0 Å². The van der Waals surface area contributed by atoms with Gasteiger partial charge in [-0.25, -0.2) is 0 Å². The highest BCUT2D eigenvalue weighted by Crippen LogP contribution is 2.38. The molecule has 0 aromatic carbocycles. The van der Waals surface area contributed by atoms with Crippen LogP contribution in [0, 0.1) is 17.8 Å². The third-order valence-corrected chi connectivity index (χ3v) is 3.71. The molecule has 2 heteroatoms. The molecule has 0 bridgehead atoms. The minimum Gasteiger partial charge on any atom is -0.375 e. The van der Waals surface area contributed by atoms with Gasteiger partial charge in [0.25, 0.3) is 0 Å². The van der Waals surface area contributed by atoms with Crippen LogP contribution in [0.3, 0.4) is 0 Å². The summed E-state index contributed by atoms with van der Waals surface area (Å²) in [4.78, 5) is 0. The maximum Gasteiger partial charge on any atom is 0.0892 e. The van der Waals surface area contributed by atoms with Crippen molar-refractivity contribution in [2.24, 2.45) is 17.8 Å². The Kier molecular flexibility index (Phi) is 2.61. The van der Waals surface area contributed by atoms with Gasteiger partial charge < -0.3 is 9.47 Å². The van der Waals surface area contributed by atoms with E-state index in [1.54, 1.807) is 0 Å². The van der Waals surface area contributed by atoms with Crippen molar-refractivity contribution in [2.45, 2.75) is 39.4 Å². The Bertz CT molecular complexity index is 181. The molecule has 2 saturated heterocycles. The second-order valence-corrected chi connectivity index (χ2v) is 4.62. The maximum absolute atomic E-state index is 5.80. The molecule has 0 radical (unpaired) electrons. The van der Waals surface area contributed by atoms with E-state index < -0.39 is 0 Å². The Morgan fingerprint density at radius 3 is 2.62 bits per heavy atom. The summed E-state index contributed by atoms with van der Waals surface area (Å²) in [6, 6.07) is 0. The summed E-state index contributed by atoms with van der Waals surface area (Å²) in [7, 11) is 0. The van der Waals surface area contributed by atoms with Gasteiger partial charge in [0.2, 0.25) is 0 Å². The SMILES string of the molecule is CCC(C)C1COC2C(C)COC12. The van der Waals surface area contributed by atoms with Gasteiger partial charge in [0.05, 0.1) is 25.4 Å². The Hall–Kier alpha value is -0.0800. The van der Waals surface area contributed by atoms with Crippen molar-refractivity contribution in [1.29, 1.82) is 0 Å². The lowest BCUT2D eigenvalue weighted by Gasteiger charge is -2.21. The predicted molar refractivity (Wildman–Crippen MR) is 51.6 cm³/mol. The van der Waals surface area contributed by atoms with Gasteiger partial charge in [-0.2, -0.15) is 0 Å². The van der Waals surface area contributed by atoms with Crippen LogP contribution in [-0.2, 0) is 9.47 Å². The van der Waals surface area contributed by atoms with E-state index >= 15 is 0 Å². The van der Waals surface area contributed by atoms with E-state index in [-0.39, 0.29) is 0 Å². The summed E-state index contributed by atoms with van der Waals surface area (Å²) in [5.74, 6) is 1.97. The molecule has 76 valence electrons. The smallest absolute Gasteiger partial charge is 0.0892 e. The first-order chi connectivity index (χ1) is 6.24. The van der Waals surface area contributed by atoms with Gasteiger partial charge in [-0.1, -0.05) is 27.2 Å². The molecule has 2 aliphatic rings. The van der Waals surface area contributed by atoms with Crippen LogP contribution in [0.4, 0.5) is 0 Å². The lowest BCUT2D eigenvalue weighted by atomic mass is 9.86. The van der Waals surface area contributed by atoms with E-state index in [1.165, 1.54) is 6.42 Å². The number of hydrogen-bond donors (Lipinski definition) is 0. The molecule has 5 unspecified atom stereocenters. The molecule has 0 aromatic rings. The molecule has 0 spiro atoms. The van der Waals surface area contributed by atoms with Crippen LogP contribution in [0.5, 0.6) is 0 Å². The zero-order valence-electron chi connectivity index (χ0n) is 8.82. The summed E-state index contributed by atoms with van der Waals surface area (Å²) >= 11 is 0. The molecule has 0 N–H and O–H groups in total. The van der Waals surface area contributed by atoms with E-state index in [2.05, 4.69) is 20.8 Å². The van der Waals surface area contributed by atoms with Crippen LogP contribution in [0.1, 0.15) is 27.2 Å². The van der Waals surface area contributed by atoms with Crippen LogP contribution >= 0.6 is 0 Å². The van der Waals surface area contributed by atoms with Crippen molar-refractivity contribution in [1.82, 2.24) is 0 Å². The summed E-state index contributed by atoms with van der Waals surface area (Å²) in [6.07, 6.45) is 2.01. The van der Waals surface area contributed by atoms with Crippen LogP contribution in [0.25, 0.3) is 0 Å². The standard InChI is InChI=1S/C11H20O2/c1-4-7(2)9-6-13-10-8(3)5-12-11(9)10/h7-11H,4-6H2,1-3H3. The largest absolute Gasteiger partial charge is 0.375 e. The van der Waals surface area contributed by atoms with Crippen LogP contribution in [0.2, 0.25) is 0 Å². The highest BCUT2D eigenvalue weighted by Gasteiger charge is 2.46. The molecule has 2 fully saturated rings. The summed E-state index contributed by atoms with van der Waals surface area (Å²) in [5.41, 5.74) is 0. The average molecular weight is 184 g/mol. The van der Waals surface area contributed by atoms with E-state index in [4.69, 9.17) is 9.47 Å². The fraction of sp³-hybridized carbons (Fsp3) is 1.00. The van der Waals surface area contributed by atoms with E-state index in [0.717, 1.165) is 19.1 Å². The average Bonchev–Trinajstić information content (AvgIpc) is 2.68. The van der Waals surface area contributed by atoms with Gasteiger partial charge in [-0.15, -0.1) is 0 Å². The van der Waals surface area contributed by atoms with Gasteiger partial charge in [0.15, 0.2) is 0 Å². The van der Waals surface area contributed by atoms with Crippen molar-refractivity contribution in [3.8, 4) is 0 Å². The Labute approximate surface area is 80.6 Å². The second kappa shape index (κ2) is 3.58. The molecule has 0 amide bonds. The Morgan fingerprint density at radius 2 is 1.92 bits per heavy atom. The first kappa shape index (κ1) is 9.47. The molecule has 0 aliphatic carbocycles. The first-order valence-electron chi connectivity index (χ1n) is 5.47. The molecule has 0 aromatic heterocycles. The molecule has 13 heavy (non-hydrogen) atoms.